The van der Waals surface area contributed by atoms with E-state index in [1.165, 1.54) is 6.07 Å². The van der Waals surface area contributed by atoms with Gasteiger partial charge in [0.2, 0.25) is 0 Å². The van der Waals surface area contributed by atoms with Crippen LogP contribution < -0.4 is 0 Å². The SMILES string of the molecule is O[C@H](c1ccccc1F)c1nccc2ccccc12. The summed E-state index contributed by atoms with van der Waals surface area (Å²) in [6.45, 7) is 0. The molecular formula is C16H12FNO. The number of hydrogen-bond acceptors (Lipinski definition) is 2. The van der Waals surface area contributed by atoms with Gasteiger partial charge in [-0.3, -0.25) is 4.98 Å². The van der Waals surface area contributed by atoms with Crippen molar-refractivity contribution in [3.8, 4) is 0 Å². The van der Waals surface area contributed by atoms with Crippen molar-refractivity contribution in [3.05, 3.63) is 77.9 Å². The second-order valence-electron chi connectivity index (χ2n) is 4.34. The fraction of sp³-hybridized carbons (Fsp3) is 0.0625. The van der Waals surface area contributed by atoms with Crippen molar-refractivity contribution in [2.75, 3.05) is 0 Å². The Kier molecular flexibility index (Phi) is 2.97. The predicted octanol–water partition coefficient (Wildman–Crippen LogP) is 3.46. The minimum absolute atomic E-state index is 0.242. The third-order valence-corrected chi connectivity index (χ3v) is 3.16. The Labute approximate surface area is 110 Å². The van der Waals surface area contributed by atoms with Gasteiger partial charge in [0.05, 0.1) is 5.69 Å². The summed E-state index contributed by atoms with van der Waals surface area (Å²) in [5.74, 6) is -0.426. The highest BCUT2D eigenvalue weighted by molar-refractivity contribution is 5.84. The summed E-state index contributed by atoms with van der Waals surface area (Å²) < 4.78 is 13.7. The predicted molar refractivity (Wildman–Crippen MR) is 72.2 cm³/mol. The molecule has 19 heavy (non-hydrogen) atoms. The normalized spacial score (nSPS) is 12.5. The largest absolute Gasteiger partial charge is 0.382 e. The molecule has 0 radical (unpaired) electrons. The van der Waals surface area contributed by atoms with Crippen molar-refractivity contribution in [2.45, 2.75) is 6.10 Å². The van der Waals surface area contributed by atoms with Crippen LogP contribution in [0.5, 0.6) is 0 Å². The maximum Gasteiger partial charge on any atom is 0.129 e. The van der Waals surface area contributed by atoms with Crippen LogP contribution in [-0.2, 0) is 0 Å². The molecule has 0 amide bonds. The van der Waals surface area contributed by atoms with Gasteiger partial charge in [-0.05, 0) is 17.5 Å². The molecule has 94 valence electrons. The van der Waals surface area contributed by atoms with E-state index in [0.717, 1.165) is 10.8 Å². The first-order chi connectivity index (χ1) is 9.27. The fourth-order valence-electron chi connectivity index (χ4n) is 2.21. The molecular weight excluding hydrogens is 241 g/mol. The molecule has 0 saturated heterocycles. The van der Waals surface area contributed by atoms with E-state index in [-0.39, 0.29) is 5.56 Å². The Morgan fingerprint density at radius 2 is 1.68 bits per heavy atom. The third-order valence-electron chi connectivity index (χ3n) is 3.16. The van der Waals surface area contributed by atoms with Crippen LogP contribution in [0, 0.1) is 5.82 Å². The molecule has 1 N–H and O–H groups in total. The highest BCUT2D eigenvalue weighted by Crippen LogP contribution is 2.28. The number of aliphatic hydroxyl groups is 1. The molecule has 2 aromatic carbocycles. The van der Waals surface area contributed by atoms with Crippen LogP contribution >= 0.6 is 0 Å². The summed E-state index contributed by atoms with van der Waals surface area (Å²) in [4.78, 5) is 4.21. The summed E-state index contributed by atoms with van der Waals surface area (Å²) in [5, 5.41) is 12.2. The summed E-state index contributed by atoms with van der Waals surface area (Å²) in [5.41, 5.74) is 0.717. The molecule has 3 aromatic rings. The Balaban J connectivity index is 2.17. The highest BCUT2D eigenvalue weighted by Gasteiger charge is 2.17. The van der Waals surface area contributed by atoms with E-state index in [4.69, 9.17) is 0 Å². The average Bonchev–Trinajstić information content (AvgIpc) is 2.46. The van der Waals surface area contributed by atoms with E-state index in [0.29, 0.717) is 5.69 Å². The molecule has 0 aliphatic rings. The van der Waals surface area contributed by atoms with Crippen LogP contribution in [-0.4, -0.2) is 10.1 Å². The lowest BCUT2D eigenvalue weighted by molar-refractivity contribution is 0.212. The minimum Gasteiger partial charge on any atom is -0.382 e. The zero-order chi connectivity index (χ0) is 13.2. The molecule has 1 aromatic heterocycles. The Morgan fingerprint density at radius 3 is 2.53 bits per heavy atom. The number of benzene rings is 2. The molecule has 0 bridgehead atoms. The van der Waals surface area contributed by atoms with E-state index in [1.54, 1.807) is 24.4 Å². The maximum absolute atomic E-state index is 13.7. The number of fused-ring (bicyclic) bond motifs is 1. The smallest absolute Gasteiger partial charge is 0.129 e. The van der Waals surface area contributed by atoms with Crippen LogP contribution in [0.3, 0.4) is 0 Å². The maximum atomic E-state index is 13.7. The second kappa shape index (κ2) is 4.78. The van der Waals surface area contributed by atoms with Gasteiger partial charge in [0.15, 0.2) is 0 Å². The summed E-state index contributed by atoms with van der Waals surface area (Å²) in [6.07, 6.45) is 0.564. The van der Waals surface area contributed by atoms with Gasteiger partial charge in [-0.2, -0.15) is 0 Å². The van der Waals surface area contributed by atoms with E-state index in [1.807, 2.05) is 30.3 Å². The first-order valence-electron chi connectivity index (χ1n) is 6.03. The molecule has 0 fully saturated rings. The molecule has 0 aliphatic carbocycles. The van der Waals surface area contributed by atoms with Crippen molar-refractivity contribution < 1.29 is 9.50 Å². The van der Waals surface area contributed by atoms with Crippen LogP contribution in [0.4, 0.5) is 4.39 Å². The van der Waals surface area contributed by atoms with Crippen LogP contribution in [0.15, 0.2) is 60.8 Å². The summed E-state index contributed by atoms with van der Waals surface area (Å²) in [6, 6.07) is 15.7. The standard InChI is InChI=1S/C16H12FNO/c17-14-8-4-3-7-13(14)16(19)15-12-6-2-1-5-11(12)9-10-18-15/h1-10,16,19H/t16-/m1/s1. The third kappa shape index (κ3) is 2.09. The Hall–Kier alpha value is -2.26. The number of hydrogen-bond donors (Lipinski definition) is 1. The minimum atomic E-state index is -1.06. The highest BCUT2D eigenvalue weighted by atomic mass is 19.1. The Morgan fingerprint density at radius 1 is 0.947 bits per heavy atom. The van der Waals surface area contributed by atoms with Crippen molar-refractivity contribution >= 4 is 10.8 Å². The number of pyridine rings is 1. The summed E-state index contributed by atoms with van der Waals surface area (Å²) in [7, 11) is 0. The monoisotopic (exact) mass is 253 g/mol. The van der Waals surface area contributed by atoms with Gasteiger partial charge in [-0.15, -0.1) is 0 Å². The van der Waals surface area contributed by atoms with Crippen molar-refractivity contribution in [1.29, 1.82) is 0 Å². The molecule has 1 heterocycles. The van der Waals surface area contributed by atoms with Gasteiger partial charge in [-0.1, -0.05) is 42.5 Å². The number of rotatable bonds is 2. The van der Waals surface area contributed by atoms with Crippen molar-refractivity contribution in [2.24, 2.45) is 0 Å². The lowest BCUT2D eigenvalue weighted by Crippen LogP contribution is -2.05. The topological polar surface area (TPSA) is 33.1 Å². The molecule has 1 atom stereocenters. The van der Waals surface area contributed by atoms with Gasteiger partial charge < -0.3 is 5.11 Å². The molecule has 0 spiro atoms. The molecule has 0 saturated carbocycles. The first kappa shape index (κ1) is 11.8. The first-order valence-corrected chi connectivity index (χ1v) is 6.03. The molecule has 0 aliphatic heterocycles. The Bertz CT molecular complexity index is 721. The number of aliphatic hydroxyl groups excluding tert-OH is 1. The lowest BCUT2D eigenvalue weighted by Gasteiger charge is -2.13. The van der Waals surface area contributed by atoms with E-state index < -0.39 is 11.9 Å². The van der Waals surface area contributed by atoms with Gasteiger partial charge in [0, 0.05) is 17.1 Å². The second-order valence-corrected chi connectivity index (χ2v) is 4.34. The van der Waals surface area contributed by atoms with Gasteiger partial charge >= 0.3 is 0 Å². The summed E-state index contributed by atoms with van der Waals surface area (Å²) >= 11 is 0. The van der Waals surface area contributed by atoms with Gasteiger partial charge in [0.1, 0.15) is 11.9 Å². The molecule has 2 nitrogen and oxygen atoms in total. The molecule has 3 rings (SSSR count). The van der Waals surface area contributed by atoms with Crippen LogP contribution in [0.2, 0.25) is 0 Å². The van der Waals surface area contributed by atoms with E-state index >= 15 is 0 Å². The number of halogens is 1. The fourth-order valence-corrected chi connectivity index (χ4v) is 2.21. The van der Waals surface area contributed by atoms with Crippen LogP contribution in [0.1, 0.15) is 17.4 Å². The number of aromatic nitrogens is 1. The quantitative estimate of drug-likeness (QED) is 0.758. The zero-order valence-corrected chi connectivity index (χ0v) is 10.1. The molecule has 3 heteroatoms. The van der Waals surface area contributed by atoms with Crippen LogP contribution in [0.25, 0.3) is 10.8 Å². The van der Waals surface area contributed by atoms with Gasteiger partial charge in [0.25, 0.3) is 0 Å². The van der Waals surface area contributed by atoms with Crippen molar-refractivity contribution in [3.63, 3.8) is 0 Å². The zero-order valence-electron chi connectivity index (χ0n) is 10.1. The van der Waals surface area contributed by atoms with E-state index in [9.17, 15) is 9.50 Å². The number of nitrogens with zero attached hydrogens (tertiary/aromatic N) is 1. The average molecular weight is 253 g/mol. The van der Waals surface area contributed by atoms with E-state index in [2.05, 4.69) is 4.98 Å². The lowest BCUT2D eigenvalue weighted by atomic mass is 10.0. The van der Waals surface area contributed by atoms with Crippen molar-refractivity contribution in [1.82, 2.24) is 4.98 Å². The molecule has 0 unspecified atom stereocenters. The van der Waals surface area contributed by atoms with Gasteiger partial charge in [-0.25, -0.2) is 4.39 Å².